The number of rotatable bonds is 5. The summed E-state index contributed by atoms with van der Waals surface area (Å²) in [7, 11) is 0. The zero-order valence-corrected chi connectivity index (χ0v) is 15.0. The van der Waals surface area contributed by atoms with Gasteiger partial charge in [0.1, 0.15) is 11.6 Å². The van der Waals surface area contributed by atoms with Crippen LogP contribution >= 0.6 is 11.3 Å². The van der Waals surface area contributed by atoms with E-state index in [4.69, 9.17) is 10.5 Å². The van der Waals surface area contributed by atoms with Crippen molar-refractivity contribution in [1.82, 2.24) is 4.98 Å². The molecular weight excluding hydrogens is 346 g/mol. The molecular formula is C20H19N3O2S. The fraction of sp³-hybridized carbons (Fsp3) is 0.200. The number of hydrogen-bond acceptors (Lipinski definition) is 5. The molecule has 5 nitrogen and oxygen atoms in total. The van der Waals surface area contributed by atoms with Gasteiger partial charge in [0, 0.05) is 18.8 Å². The van der Waals surface area contributed by atoms with Crippen molar-refractivity contribution in [2.24, 2.45) is 0 Å². The summed E-state index contributed by atoms with van der Waals surface area (Å²) in [5.41, 5.74) is 8.12. The van der Waals surface area contributed by atoms with Crippen molar-refractivity contribution in [3.8, 4) is 5.75 Å². The SMILES string of the molecule is Nc1nc2c(s1)[C@H](c1cccc(OCCc3ccccc3)c1)CC(=O)N2. The number of benzene rings is 2. The average Bonchev–Trinajstić information content (AvgIpc) is 3.02. The van der Waals surface area contributed by atoms with E-state index < -0.39 is 0 Å². The minimum Gasteiger partial charge on any atom is -0.493 e. The molecule has 1 amide bonds. The molecule has 0 radical (unpaired) electrons. The average molecular weight is 365 g/mol. The highest BCUT2D eigenvalue weighted by Gasteiger charge is 2.30. The summed E-state index contributed by atoms with van der Waals surface area (Å²) >= 11 is 1.43. The number of carbonyl (C=O) groups excluding carboxylic acids is 1. The van der Waals surface area contributed by atoms with Crippen LogP contribution in [0.5, 0.6) is 5.75 Å². The Morgan fingerprint density at radius 3 is 2.88 bits per heavy atom. The van der Waals surface area contributed by atoms with Crippen LogP contribution in [0.25, 0.3) is 0 Å². The Morgan fingerprint density at radius 2 is 2.04 bits per heavy atom. The third kappa shape index (κ3) is 3.55. The quantitative estimate of drug-likeness (QED) is 0.720. The van der Waals surface area contributed by atoms with Gasteiger partial charge in [0.2, 0.25) is 5.91 Å². The molecule has 2 heterocycles. The van der Waals surface area contributed by atoms with Crippen molar-refractivity contribution in [3.63, 3.8) is 0 Å². The molecule has 1 aromatic heterocycles. The molecule has 1 aliphatic heterocycles. The third-order valence-corrected chi connectivity index (χ3v) is 5.39. The first-order valence-electron chi connectivity index (χ1n) is 8.52. The fourth-order valence-electron chi connectivity index (χ4n) is 3.16. The number of amides is 1. The van der Waals surface area contributed by atoms with Crippen molar-refractivity contribution >= 4 is 28.2 Å². The van der Waals surface area contributed by atoms with Crippen molar-refractivity contribution in [2.45, 2.75) is 18.8 Å². The minimum absolute atomic E-state index is 0.0359. The highest BCUT2D eigenvalue weighted by Crippen LogP contribution is 2.42. The van der Waals surface area contributed by atoms with Crippen LogP contribution in [0.2, 0.25) is 0 Å². The van der Waals surface area contributed by atoms with Gasteiger partial charge in [-0.15, -0.1) is 0 Å². The Kier molecular flexibility index (Phi) is 4.58. The number of ether oxygens (including phenoxy) is 1. The molecule has 26 heavy (non-hydrogen) atoms. The first-order valence-corrected chi connectivity index (χ1v) is 9.33. The van der Waals surface area contributed by atoms with E-state index in [-0.39, 0.29) is 11.8 Å². The van der Waals surface area contributed by atoms with Gasteiger partial charge in [0.05, 0.1) is 11.5 Å². The number of carbonyl (C=O) groups is 1. The number of nitrogens with one attached hydrogen (secondary N) is 1. The maximum atomic E-state index is 12.0. The van der Waals surface area contributed by atoms with E-state index in [2.05, 4.69) is 22.4 Å². The lowest BCUT2D eigenvalue weighted by Crippen LogP contribution is -2.22. The molecule has 1 atom stereocenters. The lowest BCUT2D eigenvalue weighted by atomic mass is 9.91. The topological polar surface area (TPSA) is 77.2 Å². The van der Waals surface area contributed by atoms with Gasteiger partial charge in [-0.3, -0.25) is 4.79 Å². The highest BCUT2D eigenvalue weighted by molar-refractivity contribution is 7.16. The monoisotopic (exact) mass is 365 g/mol. The smallest absolute Gasteiger partial charge is 0.226 e. The standard InChI is InChI=1S/C20H19N3O2S/c21-20-23-19-18(26-20)16(12-17(24)22-19)14-7-4-8-15(11-14)25-10-9-13-5-2-1-3-6-13/h1-8,11,16H,9-10,12H2,(H2,21,23)(H,22,24)/t16-/m0/s1. The second-order valence-corrected chi connectivity index (χ2v) is 7.29. The van der Waals surface area contributed by atoms with E-state index in [0.717, 1.165) is 22.6 Å². The van der Waals surface area contributed by atoms with Gasteiger partial charge in [0.25, 0.3) is 0 Å². The molecule has 2 aromatic carbocycles. The van der Waals surface area contributed by atoms with Gasteiger partial charge in [-0.25, -0.2) is 4.98 Å². The minimum atomic E-state index is -0.0387. The number of fused-ring (bicyclic) bond motifs is 1. The molecule has 0 bridgehead atoms. The van der Waals surface area contributed by atoms with E-state index in [1.807, 2.05) is 42.5 Å². The molecule has 3 aromatic rings. The number of thiazole rings is 1. The van der Waals surface area contributed by atoms with E-state index in [9.17, 15) is 4.79 Å². The Bertz CT molecular complexity index is 924. The predicted octanol–water partition coefficient (Wildman–Crippen LogP) is 3.82. The van der Waals surface area contributed by atoms with Crippen LogP contribution in [0.1, 0.15) is 28.3 Å². The molecule has 0 aliphatic carbocycles. The van der Waals surface area contributed by atoms with E-state index in [1.54, 1.807) is 0 Å². The normalized spacial score (nSPS) is 16.0. The van der Waals surface area contributed by atoms with Gasteiger partial charge < -0.3 is 15.8 Å². The first kappa shape index (κ1) is 16.6. The summed E-state index contributed by atoms with van der Waals surface area (Å²) in [6.45, 7) is 0.609. The van der Waals surface area contributed by atoms with Crippen molar-refractivity contribution < 1.29 is 9.53 Å². The second-order valence-electron chi connectivity index (χ2n) is 6.23. The van der Waals surface area contributed by atoms with E-state index >= 15 is 0 Å². The summed E-state index contributed by atoms with van der Waals surface area (Å²) in [6, 6.07) is 18.2. The number of nitrogen functional groups attached to an aromatic ring is 1. The maximum Gasteiger partial charge on any atom is 0.226 e. The molecule has 3 N–H and O–H groups in total. The summed E-state index contributed by atoms with van der Waals surface area (Å²) in [4.78, 5) is 17.2. The molecule has 0 saturated carbocycles. The highest BCUT2D eigenvalue weighted by atomic mass is 32.1. The van der Waals surface area contributed by atoms with Crippen LogP contribution in [-0.2, 0) is 11.2 Å². The number of nitrogens with two attached hydrogens (primary N) is 1. The Hall–Kier alpha value is -2.86. The number of nitrogens with zero attached hydrogens (tertiary/aromatic N) is 1. The van der Waals surface area contributed by atoms with Gasteiger partial charge in [-0.05, 0) is 23.3 Å². The summed E-state index contributed by atoms with van der Waals surface area (Å²) < 4.78 is 5.92. The Balaban J connectivity index is 1.50. The van der Waals surface area contributed by atoms with Crippen molar-refractivity contribution in [1.29, 1.82) is 0 Å². The third-order valence-electron chi connectivity index (χ3n) is 4.40. The predicted molar refractivity (Wildman–Crippen MR) is 104 cm³/mol. The van der Waals surface area contributed by atoms with Crippen LogP contribution in [0.3, 0.4) is 0 Å². The van der Waals surface area contributed by atoms with Crippen molar-refractivity contribution in [3.05, 3.63) is 70.6 Å². The zero-order valence-electron chi connectivity index (χ0n) is 14.1. The van der Waals surface area contributed by atoms with Crippen LogP contribution in [0.4, 0.5) is 10.9 Å². The maximum absolute atomic E-state index is 12.0. The van der Waals surface area contributed by atoms with Crippen LogP contribution in [0, 0.1) is 0 Å². The Morgan fingerprint density at radius 1 is 1.19 bits per heavy atom. The number of hydrogen-bond donors (Lipinski definition) is 2. The van der Waals surface area contributed by atoms with Crippen molar-refractivity contribution in [2.75, 3.05) is 17.7 Å². The molecule has 4 rings (SSSR count). The number of aromatic nitrogens is 1. The van der Waals surface area contributed by atoms with Gasteiger partial charge in [-0.2, -0.15) is 0 Å². The van der Waals surface area contributed by atoms with Crippen LogP contribution < -0.4 is 15.8 Å². The van der Waals surface area contributed by atoms with Gasteiger partial charge in [0.15, 0.2) is 5.13 Å². The largest absolute Gasteiger partial charge is 0.493 e. The van der Waals surface area contributed by atoms with E-state index in [1.165, 1.54) is 16.9 Å². The fourth-order valence-corrected chi connectivity index (χ4v) is 4.07. The second kappa shape index (κ2) is 7.17. The molecule has 0 fully saturated rings. The molecule has 0 saturated heterocycles. The van der Waals surface area contributed by atoms with Gasteiger partial charge >= 0.3 is 0 Å². The molecule has 132 valence electrons. The summed E-state index contributed by atoms with van der Waals surface area (Å²) in [5, 5.41) is 3.27. The lowest BCUT2D eigenvalue weighted by Gasteiger charge is -2.22. The number of anilines is 2. The summed E-state index contributed by atoms with van der Waals surface area (Å²) in [6.07, 6.45) is 1.24. The molecule has 0 unspecified atom stereocenters. The van der Waals surface area contributed by atoms with Gasteiger partial charge in [-0.1, -0.05) is 53.8 Å². The molecule has 6 heteroatoms. The zero-order chi connectivity index (χ0) is 17.9. The molecule has 0 spiro atoms. The van der Waals surface area contributed by atoms with E-state index in [0.29, 0.717) is 24.0 Å². The summed E-state index contributed by atoms with van der Waals surface area (Å²) in [5.74, 6) is 1.32. The van der Waals surface area contributed by atoms with Crippen LogP contribution in [0.15, 0.2) is 54.6 Å². The molecule has 1 aliphatic rings. The first-order chi connectivity index (χ1) is 12.7. The lowest BCUT2D eigenvalue weighted by molar-refractivity contribution is -0.116. The Labute approximate surface area is 155 Å². The van der Waals surface area contributed by atoms with Crippen LogP contribution in [-0.4, -0.2) is 17.5 Å².